The fourth-order valence-corrected chi connectivity index (χ4v) is 3.76. The second kappa shape index (κ2) is 5.35. The molecule has 0 aliphatic heterocycles. The molecule has 1 amide bonds. The molecular weight excluding hydrogens is 316 g/mol. The van der Waals surface area contributed by atoms with Gasteiger partial charge in [0.15, 0.2) is 0 Å². The maximum Gasteiger partial charge on any atom is 0.271 e. The van der Waals surface area contributed by atoms with Crippen LogP contribution in [-0.2, 0) is 15.6 Å². The molecule has 96 valence electrons. The first kappa shape index (κ1) is 13.5. The number of thiophene rings is 1. The molecule has 0 saturated heterocycles. The quantitative estimate of drug-likeness (QED) is 0.874. The van der Waals surface area contributed by atoms with Crippen LogP contribution in [0.2, 0.25) is 0 Å². The van der Waals surface area contributed by atoms with Crippen molar-refractivity contribution >= 4 is 48.3 Å². The molecule has 0 unspecified atom stereocenters. The molecule has 2 aromatic rings. The third-order valence-corrected chi connectivity index (χ3v) is 5.73. The summed E-state index contributed by atoms with van der Waals surface area (Å²) in [6.07, 6.45) is 0. The average Bonchev–Trinajstić information content (AvgIpc) is 2.96. The molecule has 0 bridgehead atoms. The largest absolute Gasteiger partial charge is 0.346 e. The van der Waals surface area contributed by atoms with Crippen LogP contribution in [0, 0.1) is 0 Å². The first-order valence-electron chi connectivity index (χ1n) is 4.66. The lowest BCUT2D eigenvalue weighted by molar-refractivity contribution is 0.0947. The first-order valence-corrected chi connectivity index (χ1v) is 8.73. The van der Waals surface area contributed by atoms with Crippen LogP contribution in [0.1, 0.15) is 15.4 Å². The topological polar surface area (TPSA) is 76.1 Å². The molecule has 0 atom stereocenters. The Bertz CT molecular complexity index is 648. The van der Waals surface area contributed by atoms with Crippen LogP contribution in [0.5, 0.6) is 0 Å². The van der Waals surface area contributed by atoms with Gasteiger partial charge in [0.05, 0.1) is 12.1 Å². The standard InChI is InChI=1S/C9H7ClN2O3S3/c10-18(14,15)8-2-1-6(17-8)3-11-9(13)7-4-16-5-12-7/h1-2,4-5H,3H2,(H,11,13). The summed E-state index contributed by atoms with van der Waals surface area (Å²) >= 11 is 2.36. The van der Waals surface area contributed by atoms with Gasteiger partial charge >= 0.3 is 0 Å². The molecule has 1 N–H and O–H groups in total. The average molecular weight is 323 g/mol. The highest BCUT2D eigenvalue weighted by atomic mass is 35.7. The molecular formula is C9H7ClN2O3S3. The number of rotatable bonds is 4. The summed E-state index contributed by atoms with van der Waals surface area (Å²) < 4.78 is 22.2. The summed E-state index contributed by atoms with van der Waals surface area (Å²) in [5, 5.41) is 4.28. The predicted octanol–water partition coefficient (Wildman–Crippen LogP) is 2.06. The number of carbonyl (C=O) groups excluding carboxylic acids is 1. The number of carbonyl (C=O) groups is 1. The number of thiazole rings is 1. The fraction of sp³-hybridized carbons (Fsp3) is 0.111. The van der Waals surface area contributed by atoms with Crippen molar-refractivity contribution in [1.82, 2.24) is 10.3 Å². The van der Waals surface area contributed by atoms with Gasteiger partial charge in [0.25, 0.3) is 15.0 Å². The normalized spacial score (nSPS) is 11.4. The van der Waals surface area contributed by atoms with Crippen molar-refractivity contribution in [2.24, 2.45) is 0 Å². The van der Waals surface area contributed by atoms with Crippen LogP contribution in [0.15, 0.2) is 27.2 Å². The zero-order valence-electron chi connectivity index (χ0n) is 8.79. The van der Waals surface area contributed by atoms with Crippen molar-refractivity contribution in [2.75, 3.05) is 0 Å². The number of halogens is 1. The summed E-state index contributed by atoms with van der Waals surface area (Å²) in [5.74, 6) is -0.292. The Balaban J connectivity index is 1.99. The summed E-state index contributed by atoms with van der Waals surface area (Å²) in [5.41, 5.74) is 1.92. The van der Waals surface area contributed by atoms with E-state index in [2.05, 4.69) is 10.3 Å². The van der Waals surface area contributed by atoms with E-state index in [1.54, 1.807) is 17.0 Å². The number of amides is 1. The lowest BCUT2D eigenvalue weighted by atomic mass is 10.4. The molecule has 5 nitrogen and oxygen atoms in total. The van der Waals surface area contributed by atoms with Gasteiger partial charge in [0, 0.05) is 20.9 Å². The Morgan fingerprint density at radius 1 is 1.44 bits per heavy atom. The Hall–Kier alpha value is -0.960. The minimum Gasteiger partial charge on any atom is -0.346 e. The van der Waals surface area contributed by atoms with E-state index in [-0.39, 0.29) is 16.7 Å². The Morgan fingerprint density at radius 3 is 2.78 bits per heavy atom. The van der Waals surface area contributed by atoms with Crippen LogP contribution >= 0.6 is 33.4 Å². The first-order chi connectivity index (χ1) is 8.47. The van der Waals surface area contributed by atoms with Crippen LogP contribution in [0.4, 0.5) is 0 Å². The van der Waals surface area contributed by atoms with Gasteiger partial charge in [-0.2, -0.15) is 0 Å². The predicted molar refractivity (Wildman–Crippen MR) is 70.6 cm³/mol. The third kappa shape index (κ3) is 3.29. The van der Waals surface area contributed by atoms with Crippen LogP contribution < -0.4 is 5.32 Å². The van der Waals surface area contributed by atoms with Crippen molar-refractivity contribution in [3.05, 3.63) is 33.6 Å². The zero-order chi connectivity index (χ0) is 13.2. The molecule has 9 heteroatoms. The highest BCUT2D eigenvalue weighted by Crippen LogP contribution is 2.24. The van der Waals surface area contributed by atoms with Crippen LogP contribution in [0.3, 0.4) is 0 Å². The molecule has 18 heavy (non-hydrogen) atoms. The van der Waals surface area contributed by atoms with E-state index >= 15 is 0 Å². The van der Waals surface area contributed by atoms with Gasteiger partial charge in [-0.05, 0) is 12.1 Å². The molecule has 0 aliphatic rings. The van der Waals surface area contributed by atoms with Gasteiger partial charge in [-0.3, -0.25) is 4.79 Å². The molecule has 0 saturated carbocycles. The summed E-state index contributed by atoms with van der Waals surface area (Å²) in [4.78, 5) is 16.1. The van der Waals surface area contributed by atoms with Crippen LogP contribution in [-0.4, -0.2) is 19.3 Å². The van der Waals surface area contributed by atoms with Gasteiger partial charge in [-0.1, -0.05) is 0 Å². The molecule has 0 aromatic carbocycles. The Morgan fingerprint density at radius 2 is 2.22 bits per heavy atom. The highest BCUT2D eigenvalue weighted by molar-refractivity contribution is 8.15. The highest BCUT2D eigenvalue weighted by Gasteiger charge is 2.14. The molecule has 2 aromatic heterocycles. The van der Waals surface area contributed by atoms with Crippen molar-refractivity contribution in [3.63, 3.8) is 0 Å². The maximum absolute atomic E-state index is 11.6. The lowest BCUT2D eigenvalue weighted by Crippen LogP contribution is -2.22. The van der Waals surface area contributed by atoms with E-state index in [0.29, 0.717) is 10.6 Å². The van der Waals surface area contributed by atoms with Crippen molar-refractivity contribution in [1.29, 1.82) is 0 Å². The van der Waals surface area contributed by atoms with Crippen LogP contribution in [0.25, 0.3) is 0 Å². The van der Waals surface area contributed by atoms with Gasteiger partial charge in [0.1, 0.15) is 9.90 Å². The second-order valence-corrected chi connectivity index (χ2v) is 7.89. The monoisotopic (exact) mass is 322 g/mol. The third-order valence-electron chi connectivity index (χ3n) is 1.97. The number of hydrogen-bond acceptors (Lipinski definition) is 6. The maximum atomic E-state index is 11.6. The summed E-state index contributed by atoms with van der Waals surface area (Å²) in [6, 6.07) is 3.03. The van der Waals surface area contributed by atoms with E-state index in [9.17, 15) is 13.2 Å². The summed E-state index contributed by atoms with van der Waals surface area (Å²) in [7, 11) is 1.51. The van der Waals surface area contributed by atoms with Gasteiger partial charge < -0.3 is 5.32 Å². The SMILES string of the molecule is O=C(NCc1ccc(S(=O)(=O)Cl)s1)c1cscn1. The number of aromatic nitrogens is 1. The molecule has 0 radical (unpaired) electrons. The molecule has 0 aliphatic carbocycles. The molecule has 2 heterocycles. The van der Waals surface area contributed by atoms with Crippen molar-refractivity contribution in [3.8, 4) is 0 Å². The van der Waals surface area contributed by atoms with E-state index in [1.807, 2.05) is 0 Å². The number of nitrogens with zero attached hydrogens (tertiary/aromatic N) is 1. The van der Waals surface area contributed by atoms with E-state index in [0.717, 1.165) is 11.3 Å². The Kier molecular flexibility index (Phi) is 4.00. The number of nitrogens with one attached hydrogen (secondary N) is 1. The zero-order valence-corrected chi connectivity index (χ0v) is 12.0. The van der Waals surface area contributed by atoms with Gasteiger partial charge in [-0.25, -0.2) is 13.4 Å². The van der Waals surface area contributed by atoms with E-state index in [4.69, 9.17) is 10.7 Å². The number of hydrogen-bond donors (Lipinski definition) is 1. The van der Waals surface area contributed by atoms with Crippen molar-refractivity contribution in [2.45, 2.75) is 10.8 Å². The van der Waals surface area contributed by atoms with Gasteiger partial charge in [0.2, 0.25) is 0 Å². The fourth-order valence-electron chi connectivity index (χ4n) is 1.17. The summed E-state index contributed by atoms with van der Waals surface area (Å²) in [6.45, 7) is 0.243. The van der Waals surface area contributed by atoms with E-state index in [1.165, 1.54) is 17.4 Å². The van der Waals surface area contributed by atoms with E-state index < -0.39 is 9.05 Å². The minimum atomic E-state index is -3.70. The molecule has 2 rings (SSSR count). The van der Waals surface area contributed by atoms with Crippen molar-refractivity contribution < 1.29 is 13.2 Å². The molecule has 0 spiro atoms. The van der Waals surface area contributed by atoms with Gasteiger partial charge in [-0.15, -0.1) is 22.7 Å². The Labute approximate surface area is 116 Å². The second-order valence-electron chi connectivity index (χ2n) is 3.21. The lowest BCUT2D eigenvalue weighted by Gasteiger charge is -1.99. The molecule has 0 fully saturated rings. The minimum absolute atomic E-state index is 0.0714. The smallest absolute Gasteiger partial charge is 0.271 e.